The third-order valence-corrected chi connectivity index (χ3v) is 3.28. The molecule has 0 bridgehead atoms. The van der Waals surface area contributed by atoms with Crippen LogP contribution in [-0.4, -0.2) is 14.7 Å². The number of nitro benzene ring substituents is 1. The van der Waals surface area contributed by atoms with E-state index in [1.807, 2.05) is 20.8 Å². The van der Waals surface area contributed by atoms with Crippen molar-refractivity contribution >= 4 is 5.69 Å². The molecule has 1 heterocycles. The monoisotopic (exact) mass is 260 g/mol. The van der Waals surface area contributed by atoms with Crippen molar-refractivity contribution in [3.05, 3.63) is 50.8 Å². The van der Waals surface area contributed by atoms with Crippen LogP contribution in [0.4, 0.5) is 5.69 Å². The van der Waals surface area contributed by atoms with Gasteiger partial charge < -0.3 is 5.73 Å². The Labute approximate surface area is 111 Å². The fraction of sp³-hybridized carbons (Fsp3) is 0.308. The van der Waals surface area contributed by atoms with Crippen molar-refractivity contribution in [3.8, 4) is 5.69 Å². The summed E-state index contributed by atoms with van der Waals surface area (Å²) in [6, 6.07) is 4.76. The molecule has 2 rings (SSSR count). The molecular weight excluding hydrogens is 244 g/mol. The Morgan fingerprint density at radius 2 is 2.05 bits per heavy atom. The summed E-state index contributed by atoms with van der Waals surface area (Å²) >= 11 is 0. The van der Waals surface area contributed by atoms with Crippen molar-refractivity contribution in [1.29, 1.82) is 0 Å². The Bertz CT molecular complexity index is 646. The highest BCUT2D eigenvalue weighted by Gasteiger charge is 2.15. The predicted molar refractivity (Wildman–Crippen MR) is 72.3 cm³/mol. The first-order valence-electron chi connectivity index (χ1n) is 5.96. The van der Waals surface area contributed by atoms with Gasteiger partial charge >= 0.3 is 0 Å². The molecule has 19 heavy (non-hydrogen) atoms. The van der Waals surface area contributed by atoms with Gasteiger partial charge in [0.2, 0.25) is 0 Å². The standard InChI is InChI=1S/C13H16N4O2/c1-8-4-5-11(17(18)19)6-13(8)16-10(3)12(7-14)9(2)15-16/h4-6H,7,14H2,1-3H3. The van der Waals surface area contributed by atoms with E-state index in [1.165, 1.54) is 12.1 Å². The SMILES string of the molecule is Cc1ccc([N+](=O)[O-])cc1-n1nc(C)c(CN)c1C. The summed E-state index contributed by atoms with van der Waals surface area (Å²) in [6.07, 6.45) is 0. The molecule has 0 aliphatic heterocycles. The zero-order chi connectivity index (χ0) is 14.2. The van der Waals surface area contributed by atoms with E-state index in [1.54, 1.807) is 10.7 Å². The highest BCUT2D eigenvalue weighted by molar-refractivity contribution is 5.50. The van der Waals surface area contributed by atoms with Gasteiger partial charge in [-0.05, 0) is 26.3 Å². The average Bonchev–Trinajstić information content (AvgIpc) is 2.64. The van der Waals surface area contributed by atoms with Crippen LogP contribution in [0.15, 0.2) is 18.2 Å². The molecule has 0 fully saturated rings. The first-order chi connectivity index (χ1) is 8.95. The van der Waals surface area contributed by atoms with Crippen LogP contribution < -0.4 is 5.73 Å². The van der Waals surface area contributed by atoms with Crippen molar-refractivity contribution in [2.24, 2.45) is 5.73 Å². The van der Waals surface area contributed by atoms with E-state index < -0.39 is 4.92 Å². The van der Waals surface area contributed by atoms with Gasteiger partial charge in [-0.1, -0.05) is 6.07 Å². The number of nitrogens with two attached hydrogens (primary N) is 1. The van der Waals surface area contributed by atoms with Gasteiger partial charge in [0.25, 0.3) is 5.69 Å². The lowest BCUT2D eigenvalue weighted by Crippen LogP contribution is -2.04. The lowest BCUT2D eigenvalue weighted by atomic mass is 10.1. The van der Waals surface area contributed by atoms with Crippen molar-refractivity contribution in [1.82, 2.24) is 9.78 Å². The van der Waals surface area contributed by atoms with E-state index >= 15 is 0 Å². The largest absolute Gasteiger partial charge is 0.326 e. The van der Waals surface area contributed by atoms with Crippen LogP contribution in [0.2, 0.25) is 0 Å². The zero-order valence-electron chi connectivity index (χ0n) is 11.2. The number of hydrogen-bond donors (Lipinski definition) is 1. The van der Waals surface area contributed by atoms with Gasteiger partial charge in [-0.2, -0.15) is 5.10 Å². The fourth-order valence-corrected chi connectivity index (χ4v) is 2.14. The van der Waals surface area contributed by atoms with E-state index in [9.17, 15) is 10.1 Å². The molecule has 1 aromatic carbocycles. The molecule has 0 aliphatic rings. The first-order valence-corrected chi connectivity index (χ1v) is 5.96. The van der Waals surface area contributed by atoms with Crippen molar-refractivity contribution in [2.75, 3.05) is 0 Å². The summed E-state index contributed by atoms with van der Waals surface area (Å²) in [5, 5.41) is 15.3. The molecule has 0 atom stereocenters. The van der Waals surface area contributed by atoms with E-state index in [0.29, 0.717) is 6.54 Å². The van der Waals surface area contributed by atoms with Crippen molar-refractivity contribution < 1.29 is 4.92 Å². The second-order valence-electron chi connectivity index (χ2n) is 4.49. The second kappa shape index (κ2) is 4.81. The summed E-state index contributed by atoms with van der Waals surface area (Å²) in [4.78, 5) is 10.5. The molecule has 0 amide bonds. The normalized spacial score (nSPS) is 10.7. The van der Waals surface area contributed by atoms with Crippen LogP contribution in [-0.2, 0) is 6.54 Å². The lowest BCUT2D eigenvalue weighted by molar-refractivity contribution is -0.384. The first kappa shape index (κ1) is 13.2. The maximum absolute atomic E-state index is 10.9. The minimum absolute atomic E-state index is 0.0578. The van der Waals surface area contributed by atoms with Crippen molar-refractivity contribution in [2.45, 2.75) is 27.3 Å². The third-order valence-electron chi connectivity index (χ3n) is 3.28. The molecule has 2 N–H and O–H groups in total. The Morgan fingerprint density at radius 3 is 2.58 bits per heavy atom. The van der Waals surface area contributed by atoms with Crippen LogP contribution in [0.3, 0.4) is 0 Å². The number of hydrogen-bond acceptors (Lipinski definition) is 4. The van der Waals surface area contributed by atoms with Gasteiger partial charge in [0.1, 0.15) is 0 Å². The molecule has 100 valence electrons. The topological polar surface area (TPSA) is 87.0 Å². The van der Waals surface area contributed by atoms with Gasteiger partial charge in [-0.25, -0.2) is 4.68 Å². The summed E-state index contributed by atoms with van der Waals surface area (Å²) < 4.78 is 1.72. The molecule has 6 heteroatoms. The molecule has 0 spiro atoms. The highest BCUT2D eigenvalue weighted by Crippen LogP contribution is 2.24. The quantitative estimate of drug-likeness (QED) is 0.676. The van der Waals surface area contributed by atoms with Crippen molar-refractivity contribution in [3.63, 3.8) is 0 Å². The number of aryl methyl sites for hydroxylation is 2. The lowest BCUT2D eigenvalue weighted by Gasteiger charge is -2.08. The minimum Gasteiger partial charge on any atom is -0.326 e. The molecule has 0 radical (unpaired) electrons. The second-order valence-corrected chi connectivity index (χ2v) is 4.49. The predicted octanol–water partition coefficient (Wildman–Crippen LogP) is 2.16. The smallest absolute Gasteiger partial charge is 0.271 e. The van der Waals surface area contributed by atoms with Crippen LogP contribution >= 0.6 is 0 Å². The number of rotatable bonds is 3. The molecule has 2 aromatic rings. The number of nitro groups is 1. The third kappa shape index (κ3) is 2.22. The van der Waals surface area contributed by atoms with Gasteiger partial charge in [-0.15, -0.1) is 0 Å². The number of nitrogens with zero attached hydrogens (tertiary/aromatic N) is 3. The van der Waals surface area contributed by atoms with E-state index in [4.69, 9.17) is 5.73 Å². The van der Waals surface area contributed by atoms with Crippen LogP contribution in [0.25, 0.3) is 5.69 Å². The average molecular weight is 260 g/mol. The summed E-state index contributed by atoms with van der Waals surface area (Å²) in [7, 11) is 0. The number of benzene rings is 1. The maximum atomic E-state index is 10.9. The van der Waals surface area contributed by atoms with Gasteiger partial charge in [0, 0.05) is 29.9 Å². The maximum Gasteiger partial charge on any atom is 0.271 e. The van der Waals surface area contributed by atoms with Gasteiger partial charge in [-0.3, -0.25) is 10.1 Å². The minimum atomic E-state index is -0.404. The summed E-state index contributed by atoms with van der Waals surface area (Å²) in [5.74, 6) is 0. The number of non-ortho nitro benzene ring substituents is 1. The Morgan fingerprint density at radius 1 is 1.37 bits per heavy atom. The number of aromatic nitrogens is 2. The molecule has 1 aromatic heterocycles. The summed E-state index contributed by atoms with van der Waals surface area (Å²) in [6.45, 7) is 6.11. The van der Waals surface area contributed by atoms with Crippen LogP contribution in [0, 0.1) is 30.9 Å². The van der Waals surface area contributed by atoms with E-state index in [-0.39, 0.29) is 5.69 Å². The highest BCUT2D eigenvalue weighted by atomic mass is 16.6. The Balaban J connectivity index is 2.64. The molecule has 6 nitrogen and oxygen atoms in total. The van der Waals surface area contributed by atoms with E-state index in [2.05, 4.69) is 5.10 Å². The van der Waals surface area contributed by atoms with Gasteiger partial charge in [0.05, 0.1) is 16.3 Å². The molecule has 0 saturated carbocycles. The molecule has 0 unspecified atom stereocenters. The van der Waals surface area contributed by atoms with E-state index in [0.717, 1.165) is 28.2 Å². The van der Waals surface area contributed by atoms with Crippen LogP contribution in [0.1, 0.15) is 22.5 Å². The fourth-order valence-electron chi connectivity index (χ4n) is 2.14. The van der Waals surface area contributed by atoms with Gasteiger partial charge in [0.15, 0.2) is 0 Å². The molecule has 0 aliphatic carbocycles. The molecular formula is C13H16N4O2. The molecule has 0 saturated heterocycles. The Kier molecular flexibility index (Phi) is 3.35. The zero-order valence-corrected chi connectivity index (χ0v) is 11.2. The van der Waals surface area contributed by atoms with Crippen LogP contribution in [0.5, 0.6) is 0 Å². The summed E-state index contributed by atoms with van der Waals surface area (Å²) in [5.41, 5.74) is 10.2. The Hall–Kier alpha value is -2.21.